The van der Waals surface area contributed by atoms with Crippen LogP contribution in [-0.2, 0) is 18.4 Å². The van der Waals surface area contributed by atoms with E-state index in [1.165, 1.54) is 250 Å². The smallest absolute Gasteiger partial charge is 0.387 e. The number of rotatable bonds is 60. The van der Waals surface area contributed by atoms with Crippen LogP contribution in [0.25, 0.3) is 0 Å². The zero-order chi connectivity index (χ0) is 54.9. The fourth-order valence-electron chi connectivity index (χ4n) is 9.66. The number of quaternary nitrogens is 1. The van der Waals surface area contributed by atoms with Crippen molar-refractivity contribution in [2.75, 3.05) is 40.9 Å². The van der Waals surface area contributed by atoms with Crippen LogP contribution < -0.4 is 5.32 Å². The molecule has 0 aromatic rings. The molecule has 0 fully saturated rings. The molecule has 9 heteroatoms. The quantitative estimate of drug-likeness (QED) is 0.0243. The maximum Gasteiger partial charge on any atom is 0.472 e. The number of likely N-dealkylation sites (N-methyl/N-ethyl adjacent to an activating group) is 1. The molecule has 75 heavy (non-hydrogen) atoms. The number of nitrogens with zero attached hydrogens (tertiary/aromatic N) is 1. The SMILES string of the molecule is CCCCCC/C=C/CC/C=C/CC/C=C/C(O)C(COP(=O)(O)OCC[N+](C)(C)C)NC(=O)CCCCCCCCCCCCCCCCCCC/C=C\CCCCCCCCCCCCCCCCCCCC. The van der Waals surface area contributed by atoms with Gasteiger partial charge in [-0.2, -0.15) is 0 Å². The molecule has 0 rings (SSSR count). The lowest BCUT2D eigenvalue weighted by atomic mass is 10.0. The van der Waals surface area contributed by atoms with Crippen LogP contribution in [0, 0.1) is 0 Å². The topological polar surface area (TPSA) is 105 Å². The number of amides is 1. The number of phosphoric ester groups is 1. The van der Waals surface area contributed by atoms with Gasteiger partial charge in [-0.3, -0.25) is 13.8 Å². The number of hydrogen-bond acceptors (Lipinski definition) is 5. The number of phosphoric acid groups is 1. The molecule has 0 heterocycles. The van der Waals surface area contributed by atoms with Crippen LogP contribution in [0.3, 0.4) is 0 Å². The number of aliphatic hydroxyl groups is 1. The van der Waals surface area contributed by atoms with Crippen molar-refractivity contribution in [3.63, 3.8) is 0 Å². The molecule has 3 unspecified atom stereocenters. The van der Waals surface area contributed by atoms with Crippen LogP contribution in [0.1, 0.15) is 316 Å². The van der Waals surface area contributed by atoms with E-state index >= 15 is 0 Å². The molecule has 8 nitrogen and oxygen atoms in total. The highest BCUT2D eigenvalue weighted by Crippen LogP contribution is 2.43. The van der Waals surface area contributed by atoms with Gasteiger partial charge in [-0.1, -0.05) is 287 Å². The number of allylic oxidation sites excluding steroid dienone is 7. The van der Waals surface area contributed by atoms with Gasteiger partial charge in [0.15, 0.2) is 0 Å². The summed E-state index contributed by atoms with van der Waals surface area (Å²) < 4.78 is 23.7. The summed E-state index contributed by atoms with van der Waals surface area (Å²) >= 11 is 0. The number of carbonyl (C=O) groups excluding carboxylic acids is 1. The van der Waals surface area contributed by atoms with Crippen molar-refractivity contribution in [3.8, 4) is 0 Å². The van der Waals surface area contributed by atoms with E-state index in [1.54, 1.807) is 6.08 Å². The van der Waals surface area contributed by atoms with Gasteiger partial charge in [0.05, 0.1) is 39.9 Å². The van der Waals surface area contributed by atoms with E-state index in [-0.39, 0.29) is 19.1 Å². The average Bonchev–Trinajstić information content (AvgIpc) is 3.37. The van der Waals surface area contributed by atoms with E-state index in [2.05, 4.69) is 55.6 Å². The summed E-state index contributed by atoms with van der Waals surface area (Å²) in [6, 6.07) is -0.869. The number of aliphatic hydroxyl groups excluding tert-OH is 1. The largest absolute Gasteiger partial charge is 0.472 e. The normalized spacial score (nSPS) is 14.1. The zero-order valence-electron chi connectivity index (χ0n) is 50.6. The minimum Gasteiger partial charge on any atom is -0.387 e. The van der Waals surface area contributed by atoms with E-state index in [1.807, 2.05) is 27.2 Å². The minimum atomic E-state index is -4.36. The fraction of sp³-hybridized carbons (Fsp3) is 0.864. The van der Waals surface area contributed by atoms with Crippen LogP contribution >= 0.6 is 7.82 Å². The highest BCUT2D eigenvalue weighted by atomic mass is 31.2. The molecular formula is C66H128N2O6P+. The molecule has 0 aliphatic rings. The van der Waals surface area contributed by atoms with Gasteiger partial charge in [-0.25, -0.2) is 4.57 Å². The molecule has 3 atom stereocenters. The van der Waals surface area contributed by atoms with E-state index in [9.17, 15) is 19.4 Å². The van der Waals surface area contributed by atoms with Crippen molar-refractivity contribution in [2.24, 2.45) is 0 Å². The third kappa shape index (κ3) is 60.0. The van der Waals surface area contributed by atoms with Gasteiger partial charge >= 0.3 is 7.82 Å². The molecule has 0 aromatic carbocycles. The van der Waals surface area contributed by atoms with Crippen LogP contribution in [0.15, 0.2) is 48.6 Å². The Morgan fingerprint density at radius 3 is 1.08 bits per heavy atom. The summed E-state index contributed by atoms with van der Waals surface area (Å²) in [5, 5.41) is 13.9. The van der Waals surface area contributed by atoms with Crippen LogP contribution in [-0.4, -0.2) is 73.4 Å². The molecule has 0 aliphatic carbocycles. The highest BCUT2D eigenvalue weighted by Gasteiger charge is 2.27. The van der Waals surface area contributed by atoms with Crippen molar-refractivity contribution in [3.05, 3.63) is 48.6 Å². The molecule has 0 bridgehead atoms. The molecule has 0 saturated heterocycles. The Balaban J connectivity index is 3.91. The molecule has 0 aliphatic heterocycles. The first-order chi connectivity index (χ1) is 36.5. The third-order valence-electron chi connectivity index (χ3n) is 14.7. The standard InChI is InChI=1S/C66H127N2O6P/c1-6-8-10-12-14-16-18-20-22-23-24-25-26-27-28-29-30-31-32-33-34-35-36-37-38-39-40-41-42-43-44-45-46-48-50-52-54-56-58-60-66(70)67-64(63-74-75(71,72)73-62-61-68(3,4)5)65(69)59-57-55-53-51-49-47-21-19-17-15-13-11-9-7-2/h17,19,33-34,49,51,57,59,64-65,69H,6-16,18,20-32,35-48,50,52-56,58,60-63H2,1-5H3,(H-,67,70,71,72)/p+1/b19-17+,34-33-,51-49+,59-57+. The second kappa shape index (κ2) is 57.2. The van der Waals surface area contributed by atoms with Crippen molar-refractivity contribution in [1.29, 1.82) is 0 Å². The lowest BCUT2D eigenvalue weighted by Crippen LogP contribution is -2.45. The first-order valence-corrected chi connectivity index (χ1v) is 34.0. The van der Waals surface area contributed by atoms with E-state index < -0.39 is 20.0 Å². The first kappa shape index (κ1) is 73.5. The summed E-state index contributed by atoms with van der Waals surface area (Å²) in [4.78, 5) is 23.3. The molecule has 442 valence electrons. The number of nitrogens with one attached hydrogen (secondary N) is 1. The second-order valence-corrected chi connectivity index (χ2v) is 24.9. The van der Waals surface area contributed by atoms with E-state index in [0.717, 1.165) is 44.9 Å². The Bertz CT molecular complexity index is 1360. The van der Waals surface area contributed by atoms with Gasteiger partial charge in [-0.05, 0) is 70.6 Å². The Morgan fingerprint density at radius 2 is 0.733 bits per heavy atom. The van der Waals surface area contributed by atoms with Crippen molar-refractivity contribution >= 4 is 13.7 Å². The predicted octanol–water partition coefficient (Wildman–Crippen LogP) is 20.3. The van der Waals surface area contributed by atoms with Crippen molar-refractivity contribution in [2.45, 2.75) is 328 Å². The Hall–Kier alpha value is -1.54. The predicted molar refractivity (Wildman–Crippen MR) is 327 cm³/mol. The molecule has 3 N–H and O–H groups in total. The molecule has 0 saturated carbocycles. The Labute approximate surface area is 467 Å². The van der Waals surface area contributed by atoms with Crippen molar-refractivity contribution in [1.82, 2.24) is 5.32 Å². The maximum atomic E-state index is 13.0. The summed E-state index contributed by atoms with van der Waals surface area (Å²) in [7, 11) is 1.55. The monoisotopic (exact) mass is 1080 g/mol. The summed E-state index contributed by atoms with van der Waals surface area (Å²) in [6.45, 7) is 4.79. The Morgan fingerprint density at radius 1 is 0.440 bits per heavy atom. The van der Waals surface area contributed by atoms with Crippen LogP contribution in [0.2, 0.25) is 0 Å². The van der Waals surface area contributed by atoms with Gasteiger partial charge < -0.3 is 19.8 Å². The lowest BCUT2D eigenvalue weighted by Gasteiger charge is -2.25. The van der Waals surface area contributed by atoms with E-state index in [0.29, 0.717) is 17.4 Å². The molecule has 0 radical (unpaired) electrons. The summed E-state index contributed by atoms with van der Waals surface area (Å²) in [5.74, 6) is -0.188. The molecule has 0 spiro atoms. The number of unbranched alkanes of at least 4 members (excludes halogenated alkanes) is 41. The minimum absolute atomic E-state index is 0.0537. The molecule has 1 amide bonds. The van der Waals surface area contributed by atoms with Gasteiger partial charge in [0.1, 0.15) is 13.2 Å². The number of hydrogen-bond donors (Lipinski definition) is 3. The summed E-state index contributed by atoms with van der Waals surface area (Å²) in [5.41, 5.74) is 0. The summed E-state index contributed by atoms with van der Waals surface area (Å²) in [6.07, 6.45) is 77.0. The lowest BCUT2D eigenvalue weighted by molar-refractivity contribution is -0.870. The number of carbonyl (C=O) groups is 1. The second-order valence-electron chi connectivity index (χ2n) is 23.5. The third-order valence-corrected chi connectivity index (χ3v) is 15.7. The van der Waals surface area contributed by atoms with Crippen LogP contribution in [0.5, 0.6) is 0 Å². The zero-order valence-corrected chi connectivity index (χ0v) is 51.4. The fourth-order valence-corrected chi connectivity index (χ4v) is 10.4. The maximum absolute atomic E-state index is 13.0. The van der Waals surface area contributed by atoms with Crippen LogP contribution in [0.4, 0.5) is 0 Å². The molecular weight excluding hydrogens is 948 g/mol. The van der Waals surface area contributed by atoms with Gasteiger partial charge in [-0.15, -0.1) is 0 Å². The van der Waals surface area contributed by atoms with Gasteiger partial charge in [0, 0.05) is 6.42 Å². The van der Waals surface area contributed by atoms with Crippen molar-refractivity contribution < 1.29 is 32.9 Å². The molecule has 0 aromatic heterocycles. The van der Waals surface area contributed by atoms with E-state index in [4.69, 9.17) is 9.05 Å². The average molecular weight is 1080 g/mol. The Kier molecular flexibility index (Phi) is 56.0. The highest BCUT2D eigenvalue weighted by molar-refractivity contribution is 7.47. The van der Waals surface area contributed by atoms with Gasteiger partial charge in [0.2, 0.25) is 5.91 Å². The first-order valence-electron chi connectivity index (χ1n) is 32.5. The van der Waals surface area contributed by atoms with Gasteiger partial charge in [0.25, 0.3) is 0 Å².